The van der Waals surface area contributed by atoms with Gasteiger partial charge < -0.3 is 0 Å². The first-order valence-electron chi connectivity index (χ1n) is 5.75. The van der Waals surface area contributed by atoms with Crippen LogP contribution in [0, 0.1) is 17.8 Å². The van der Waals surface area contributed by atoms with Gasteiger partial charge >= 0.3 is 0 Å². The maximum absolute atomic E-state index is 5.71. The molecule has 0 spiro atoms. The van der Waals surface area contributed by atoms with Gasteiger partial charge in [0.25, 0.3) is 0 Å². The number of nitrogens with one attached hydrogen (secondary N) is 1. The molecule has 3 rings (SSSR count). The van der Waals surface area contributed by atoms with E-state index < -0.39 is 0 Å². The Bertz CT molecular complexity index is 374. The molecule has 1 aromatic heterocycles. The Morgan fingerprint density at radius 1 is 1.50 bits per heavy atom. The maximum atomic E-state index is 5.71. The molecule has 0 aliphatic heterocycles. The van der Waals surface area contributed by atoms with Crippen LogP contribution < -0.4 is 11.3 Å². The summed E-state index contributed by atoms with van der Waals surface area (Å²) in [7, 11) is 1.91. The Balaban J connectivity index is 1.87. The van der Waals surface area contributed by atoms with Crippen LogP contribution in [0.15, 0.2) is 4.60 Å². The summed E-state index contributed by atoms with van der Waals surface area (Å²) in [5, 5.41) is 8.04. The van der Waals surface area contributed by atoms with Gasteiger partial charge in [0.1, 0.15) is 0 Å². The second kappa shape index (κ2) is 3.78. The molecule has 16 heavy (non-hydrogen) atoms. The lowest BCUT2D eigenvalue weighted by Gasteiger charge is -2.17. The van der Waals surface area contributed by atoms with Gasteiger partial charge in [-0.1, -0.05) is 11.6 Å². The molecule has 0 bridgehead atoms. The molecule has 3 atom stereocenters. The van der Waals surface area contributed by atoms with Crippen molar-refractivity contribution in [3.8, 4) is 0 Å². The number of aromatic nitrogens is 3. The van der Waals surface area contributed by atoms with E-state index >= 15 is 0 Å². The molecule has 0 aromatic carbocycles. The van der Waals surface area contributed by atoms with E-state index in [1.807, 2.05) is 11.7 Å². The van der Waals surface area contributed by atoms with Crippen LogP contribution >= 0.6 is 15.9 Å². The van der Waals surface area contributed by atoms with Gasteiger partial charge in [-0.2, -0.15) is 0 Å². The van der Waals surface area contributed by atoms with Crippen LogP contribution in [0.2, 0.25) is 0 Å². The van der Waals surface area contributed by atoms with Gasteiger partial charge in [-0.15, -0.1) is 5.10 Å². The zero-order valence-electron chi connectivity index (χ0n) is 9.23. The van der Waals surface area contributed by atoms with E-state index in [0.717, 1.165) is 22.1 Å². The summed E-state index contributed by atoms with van der Waals surface area (Å²) in [5.41, 5.74) is 4.02. The van der Waals surface area contributed by atoms with Crippen molar-refractivity contribution in [2.24, 2.45) is 30.6 Å². The fourth-order valence-electron chi connectivity index (χ4n) is 3.41. The lowest BCUT2D eigenvalue weighted by Crippen LogP contribution is -2.32. The SMILES string of the molecule is Cn1nnc(Br)c1C(NN)C1C2CCCC21. The number of nitrogens with zero attached hydrogens (tertiary/aromatic N) is 3. The first-order valence-corrected chi connectivity index (χ1v) is 6.54. The van der Waals surface area contributed by atoms with Crippen LogP contribution in [-0.2, 0) is 7.05 Å². The molecule has 0 amide bonds. The predicted octanol–water partition coefficient (Wildman–Crippen LogP) is 1.13. The summed E-state index contributed by atoms with van der Waals surface area (Å²) in [4.78, 5) is 0. The molecular formula is C10H16BrN5. The normalized spacial score (nSPS) is 33.8. The molecule has 2 aliphatic rings. The van der Waals surface area contributed by atoms with Crippen molar-refractivity contribution in [2.75, 3.05) is 0 Å². The lowest BCUT2D eigenvalue weighted by atomic mass is 10.0. The summed E-state index contributed by atoms with van der Waals surface area (Å²) in [5.74, 6) is 8.11. The highest BCUT2D eigenvalue weighted by molar-refractivity contribution is 9.10. The molecule has 1 aromatic rings. The summed E-state index contributed by atoms with van der Waals surface area (Å²) in [6.07, 6.45) is 4.10. The molecule has 2 saturated carbocycles. The van der Waals surface area contributed by atoms with Gasteiger partial charge in [-0.3, -0.25) is 11.3 Å². The minimum absolute atomic E-state index is 0.185. The van der Waals surface area contributed by atoms with E-state index in [2.05, 4.69) is 31.7 Å². The van der Waals surface area contributed by atoms with Crippen molar-refractivity contribution in [3.63, 3.8) is 0 Å². The standard InChI is InChI=1S/C10H16BrN5/c1-16-9(10(11)14-15-16)8(13-12)7-5-3-2-4-6(5)7/h5-8,13H,2-4,12H2,1H3. The maximum Gasteiger partial charge on any atom is 0.153 e. The number of hydrogen-bond acceptors (Lipinski definition) is 4. The third-order valence-electron chi connectivity index (χ3n) is 4.16. The van der Waals surface area contributed by atoms with Crippen molar-refractivity contribution in [1.29, 1.82) is 0 Å². The zero-order valence-corrected chi connectivity index (χ0v) is 10.8. The van der Waals surface area contributed by atoms with Gasteiger partial charge in [0.15, 0.2) is 4.60 Å². The summed E-state index contributed by atoms with van der Waals surface area (Å²) in [6, 6.07) is 0.185. The number of hydrazine groups is 1. The van der Waals surface area contributed by atoms with Crippen LogP contribution in [-0.4, -0.2) is 15.0 Å². The first kappa shape index (κ1) is 10.7. The molecule has 5 nitrogen and oxygen atoms in total. The highest BCUT2D eigenvalue weighted by Crippen LogP contribution is 2.62. The molecule has 1 heterocycles. The molecule has 3 unspecified atom stereocenters. The number of rotatable bonds is 3. The Morgan fingerprint density at radius 3 is 2.69 bits per heavy atom. The second-order valence-electron chi connectivity index (χ2n) is 4.87. The van der Waals surface area contributed by atoms with Gasteiger partial charge in [-0.05, 0) is 46.5 Å². The molecule has 2 fully saturated rings. The van der Waals surface area contributed by atoms with Gasteiger partial charge in [0.05, 0.1) is 11.7 Å². The molecule has 6 heteroatoms. The third kappa shape index (κ3) is 1.43. The average Bonchev–Trinajstić information content (AvgIpc) is 2.63. The highest BCUT2D eigenvalue weighted by atomic mass is 79.9. The smallest absolute Gasteiger partial charge is 0.153 e. The van der Waals surface area contributed by atoms with Crippen LogP contribution in [0.25, 0.3) is 0 Å². The first-order chi connectivity index (χ1) is 7.74. The number of nitrogens with two attached hydrogens (primary N) is 1. The fourth-order valence-corrected chi connectivity index (χ4v) is 3.99. The van der Waals surface area contributed by atoms with Crippen molar-refractivity contribution in [1.82, 2.24) is 20.4 Å². The van der Waals surface area contributed by atoms with E-state index in [-0.39, 0.29) is 6.04 Å². The number of halogens is 1. The molecular weight excluding hydrogens is 270 g/mol. The quantitative estimate of drug-likeness (QED) is 0.645. The van der Waals surface area contributed by atoms with E-state index in [0.29, 0.717) is 5.92 Å². The molecule has 2 aliphatic carbocycles. The Kier molecular flexibility index (Phi) is 2.53. The molecule has 0 radical (unpaired) electrons. The van der Waals surface area contributed by atoms with Crippen molar-refractivity contribution in [3.05, 3.63) is 10.3 Å². The van der Waals surface area contributed by atoms with E-state index in [4.69, 9.17) is 5.84 Å². The lowest BCUT2D eigenvalue weighted by molar-refractivity contribution is 0.402. The number of fused-ring (bicyclic) bond motifs is 1. The van der Waals surface area contributed by atoms with Crippen LogP contribution in [0.4, 0.5) is 0 Å². The van der Waals surface area contributed by atoms with Crippen molar-refractivity contribution >= 4 is 15.9 Å². The summed E-state index contributed by atoms with van der Waals surface area (Å²) < 4.78 is 2.62. The Morgan fingerprint density at radius 2 is 2.19 bits per heavy atom. The summed E-state index contributed by atoms with van der Waals surface area (Å²) in [6.45, 7) is 0. The highest BCUT2D eigenvalue weighted by Gasteiger charge is 2.56. The van der Waals surface area contributed by atoms with Crippen molar-refractivity contribution in [2.45, 2.75) is 25.3 Å². The van der Waals surface area contributed by atoms with Crippen LogP contribution in [0.1, 0.15) is 31.0 Å². The minimum atomic E-state index is 0.185. The number of aryl methyl sites for hydroxylation is 1. The summed E-state index contributed by atoms with van der Waals surface area (Å²) >= 11 is 3.44. The van der Waals surface area contributed by atoms with Gasteiger partial charge in [-0.25, -0.2) is 4.68 Å². The fraction of sp³-hybridized carbons (Fsp3) is 0.800. The van der Waals surface area contributed by atoms with E-state index in [9.17, 15) is 0 Å². The second-order valence-corrected chi connectivity index (χ2v) is 5.62. The van der Waals surface area contributed by atoms with E-state index in [1.165, 1.54) is 19.3 Å². The monoisotopic (exact) mass is 285 g/mol. The molecule has 0 saturated heterocycles. The molecule has 88 valence electrons. The Hall–Kier alpha value is -0.460. The van der Waals surface area contributed by atoms with E-state index in [1.54, 1.807) is 0 Å². The number of hydrogen-bond donors (Lipinski definition) is 2. The van der Waals surface area contributed by atoms with Gasteiger partial charge in [0, 0.05) is 7.05 Å². The average molecular weight is 286 g/mol. The predicted molar refractivity (Wildman–Crippen MR) is 63.1 cm³/mol. The van der Waals surface area contributed by atoms with Crippen molar-refractivity contribution < 1.29 is 0 Å². The minimum Gasteiger partial charge on any atom is -0.271 e. The molecule has 3 N–H and O–H groups in total. The topological polar surface area (TPSA) is 68.8 Å². The zero-order chi connectivity index (χ0) is 11.3. The van der Waals surface area contributed by atoms with Crippen LogP contribution in [0.3, 0.4) is 0 Å². The van der Waals surface area contributed by atoms with Gasteiger partial charge in [0.2, 0.25) is 0 Å². The Labute approximate surface area is 103 Å². The largest absolute Gasteiger partial charge is 0.271 e. The third-order valence-corrected chi connectivity index (χ3v) is 4.72. The van der Waals surface area contributed by atoms with Crippen LogP contribution in [0.5, 0.6) is 0 Å².